The van der Waals surface area contributed by atoms with Gasteiger partial charge in [-0.1, -0.05) is 61.5 Å². The van der Waals surface area contributed by atoms with Crippen LogP contribution in [0.15, 0.2) is 65.6 Å². The van der Waals surface area contributed by atoms with Crippen molar-refractivity contribution in [1.82, 2.24) is 9.55 Å². The molecule has 24 heteroatoms. The summed E-state index contributed by atoms with van der Waals surface area (Å²) in [6.07, 6.45) is 1.65. The zero-order chi connectivity index (χ0) is 70.3. The topological polar surface area (TPSA) is 244 Å². The molecule has 0 aliphatic rings. The number of ether oxygens (including phenoxy) is 17. The van der Waals surface area contributed by atoms with Crippen LogP contribution in [-0.2, 0) is 79.0 Å². The zero-order valence-electron chi connectivity index (χ0n) is 59.8. The largest absolute Gasteiger partial charge is 0.487 e. The molecule has 5 rings (SSSR count). The van der Waals surface area contributed by atoms with Gasteiger partial charge in [-0.3, -0.25) is 9.59 Å². The van der Waals surface area contributed by atoms with Crippen molar-refractivity contribution in [3.63, 3.8) is 0 Å². The van der Waals surface area contributed by atoms with Gasteiger partial charge in [0, 0.05) is 55.2 Å². The monoisotopic (exact) mass is 1350 g/mol. The Bertz CT molecular complexity index is 2750. The molecule has 0 aliphatic heterocycles. The number of carbonyl (C=O) groups excluding carboxylic acids is 1. The Morgan fingerprint density at radius 3 is 1.28 bits per heavy atom. The van der Waals surface area contributed by atoms with Crippen LogP contribution in [0.2, 0.25) is 0 Å². The van der Waals surface area contributed by atoms with Crippen LogP contribution < -0.4 is 25.1 Å². The summed E-state index contributed by atoms with van der Waals surface area (Å²) < 4.78 is 111. The number of halogens is 1. The number of carbonyl (C=O) groups is 1. The SMILES string of the molecule is CC.CC.CC.CC.CCOCCOCCOCCOCCOCCOCCOCCOCCOc1ccc(NC(=O)c2cc3c(-c4cc(C(C)(C)O)ccc4Oc4c(C)cc(F)cc4C)cn(C)c(=O)c3[nH]2)cc1OCCOCCOCCOCCOCCOCCOC. The van der Waals surface area contributed by atoms with E-state index < -0.39 is 11.5 Å². The number of nitrogens with one attached hydrogen (secondary N) is 2. The number of H-pyrrole nitrogens is 1. The number of amides is 1. The van der Waals surface area contributed by atoms with Crippen molar-refractivity contribution in [2.24, 2.45) is 7.05 Å². The Labute approximate surface area is 564 Å². The highest BCUT2D eigenvalue weighted by molar-refractivity contribution is 6.08. The zero-order valence-corrected chi connectivity index (χ0v) is 59.8. The molecular weight excluding hydrogens is 1230 g/mol. The van der Waals surface area contributed by atoms with E-state index in [0.717, 1.165) is 0 Å². The lowest BCUT2D eigenvalue weighted by molar-refractivity contribution is -0.0234. The van der Waals surface area contributed by atoms with Gasteiger partial charge in [-0.15, -0.1) is 0 Å². The minimum atomic E-state index is -1.24. The van der Waals surface area contributed by atoms with Crippen LogP contribution in [0.25, 0.3) is 22.0 Å². The van der Waals surface area contributed by atoms with Gasteiger partial charge in [0.2, 0.25) is 0 Å². The molecule has 0 bridgehead atoms. The van der Waals surface area contributed by atoms with E-state index in [4.69, 9.17) is 80.5 Å². The molecule has 2 aromatic heterocycles. The summed E-state index contributed by atoms with van der Waals surface area (Å²) in [7, 11) is 3.23. The highest BCUT2D eigenvalue weighted by Crippen LogP contribution is 2.41. The van der Waals surface area contributed by atoms with E-state index in [1.54, 1.807) is 90.5 Å². The molecule has 3 N–H and O–H groups in total. The second kappa shape index (κ2) is 56.4. The summed E-state index contributed by atoms with van der Waals surface area (Å²) in [4.78, 5) is 30.9. The van der Waals surface area contributed by atoms with Crippen LogP contribution >= 0.6 is 0 Å². The quantitative estimate of drug-likeness (QED) is 0.0306. The van der Waals surface area contributed by atoms with Crippen molar-refractivity contribution < 1.29 is 94.8 Å². The summed E-state index contributed by atoms with van der Waals surface area (Å²) in [5.41, 5.74) is 1.82. The molecule has 0 saturated heterocycles. The first kappa shape index (κ1) is 87.4. The fourth-order valence-corrected chi connectivity index (χ4v) is 8.29. The Morgan fingerprint density at radius 1 is 0.505 bits per heavy atom. The minimum Gasteiger partial charge on any atom is -0.487 e. The number of aromatic nitrogens is 2. The van der Waals surface area contributed by atoms with Gasteiger partial charge in [-0.05, 0) is 93.8 Å². The van der Waals surface area contributed by atoms with Gasteiger partial charge < -0.3 is 101 Å². The number of nitrogens with zero attached hydrogens (tertiary/aromatic N) is 1. The molecule has 0 spiro atoms. The van der Waals surface area contributed by atoms with Gasteiger partial charge in [0.1, 0.15) is 41.7 Å². The van der Waals surface area contributed by atoms with Crippen LogP contribution in [0.4, 0.5) is 10.1 Å². The molecule has 95 heavy (non-hydrogen) atoms. The standard InChI is InChI=1S/C63H92FN3O20.4C2H6/c1-8-72-15-16-74-19-20-76-23-24-78-25-26-79-27-28-80-29-31-81-33-35-83-37-39-85-57-12-10-51(44-58(57)86-40-38-84-36-34-82-32-30-77-22-21-75-18-17-73-14-13-71-7)65-61(68)55-45-53-54(46-67(6)62(69)59(53)66-55)52-43-49(63(4,5)70)9-11-56(52)87-60-47(2)41-50(64)42-48(60)3;4*1-2/h9-12,41-46,66,70H,8,13-40H2,1-7H3,(H,65,68);4*1-2H3. The number of aryl methyl sites for hydroxylation is 3. The highest BCUT2D eigenvalue weighted by Gasteiger charge is 2.24. The van der Waals surface area contributed by atoms with Crippen LogP contribution in [0.5, 0.6) is 23.0 Å². The van der Waals surface area contributed by atoms with Crippen molar-refractivity contribution in [1.29, 1.82) is 0 Å². The Balaban J connectivity index is 0.00000542. The molecule has 2 heterocycles. The summed E-state index contributed by atoms with van der Waals surface area (Å²) in [5.74, 6) is 0.651. The number of pyridine rings is 1. The van der Waals surface area contributed by atoms with Crippen LogP contribution in [0.1, 0.15) is 103 Å². The van der Waals surface area contributed by atoms with Gasteiger partial charge in [0.25, 0.3) is 11.5 Å². The first-order valence-electron chi connectivity index (χ1n) is 33.6. The third-order valence-corrected chi connectivity index (χ3v) is 12.7. The molecule has 1 amide bonds. The molecule has 0 fully saturated rings. The van der Waals surface area contributed by atoms with Crippen LogP contribution in [0, 0.1) is 19.7 Å². The third-order valence-electron chi connectivity index (χ3n) is 12.7. The number of rotatable bonds is 51. The van der Waals surface area contributed by atoms with Gasteiger partial charge in [-0.25, -0.2) is 4.39 Å². The number of hydrogen-bond donors (Lipinski definition) is 3. The Morgan fingerprint density at radius 2 is 0.884 bits per heavy atom. The molecule has 0 atom stereocenters. The van der Waals surface area contributed by atoms with E-state index in [0.29, 0.717) is 227 Å². The number of fused-ring (bicyclic) bond motifs is 1. The van der Waals surface area contributed by atoms with Crippen molar-refractivity contribution >= 4 is 22.5 Å². The summed E-state index contributed by atoms with van der Waals surface area (Å²) in [6, 6.07) is 14.6. The van der Waals surface area contributed by atoms with Gasteiger partial charge in [0.05, 0.1) is 177 Å². The number of aliphatic hydroxyl groups is 1. The average Bonchev–Trinajstić information content (AvgIpc) is 1.70. The predicted octanol–water partition coefficient (Wildman–Crippen LogP) is 11.3. The fraction of sp³-hybridized carbons (Fsp3) is 0.634. The maximum absolute atomic E-state index is 14.3. The molecule has 0 unspecified atom stereocenters. The van der Waals surface area contributed by atoms with Crippen molar-refractivity contribution in [2.75, 3.05) is 204 Å². The van der Waals surface area contributed by atoms with E-state index >= 15 is 0 Å². The molecule has 23 nitrogen and oxygen atoms in total. The average molecular weight is 1350 g/mol. The Kier molecular flexibility index (Phi) is 51.8. The molecule has 5 aromatic rings. The number of benzene rings is 3. The van der Waals surface area contributed by atoms with Crippen molar-refractivity contribution in [3.8, 4) is 34.1 Å². The van der Waals surface area contributed by atoms with Gasteiger partial charge in [-0.2, -0.15) is 0 Å². The number of anilines is 1. The summed E-state index contributed by atoms with van der Waals surface area (Å²) in [5, 5.41) is 14.5. The lowest BCUT2D eigenvalue weighted by Crippen LogP contribution is -2.18. The molecule has 542 valence electrons. The molecule has 3 aromatic carbocycles. The molecule has 0 radical (unpaired) electrons. The molecule has 0 aliphatic carbocycles. The van der Waals surface area contributed by atoms with Crippen molar-refractivity contribution in [2.45, 2.75) is 95.6 Å². The van der Waals surface area contributed by atoms with E-state index in [9.17, 15) is 19.1 Å². The molecular formula is C71H116FN3O20. The predicted molar refractivity (Wildman–Crippen MR) is 369 cm³/mol. The van der Waals surface area contributed by atoms with E-state index in [2.05, 4.69) is 10.3 Å². The third kappa shape index (κ3) is 37.0. The normalized spacial score (nSPS) is 11.0. The van der Waals surface area contributed by atoms with Crippen LogP contribution in [0.3, 0.4) is 0 Å². The summed E-state index contributed by atoms with van der Waals surface area (Å²) >= 11 is 0. The lowest BCUT2D eigenvalue weighted by atomic mass is 9.93. The summed E-state index contributed by atoms with van der Waals surface area (Å²) in [6.45, 7) is 37.2. The van der Waals surface area contributed by atoms with Gasteiger partial charge in [0.15, 0.2) is 11.5 Å². The van der Waals surface area contributed by atoms with E-state index in [1.807, 2.05) is 62.3 Å². The van der Waals surface area contributed by atoms with Gasteiger partial charge >= 0.3 is 0 Å². The second-order valence-corrected chi connectivity index (χ2v) is 20.0. The smallest absolute Gasteiger partial charge is 0.274 e. The van der Waals surface area contributed by atoms with E-state index in [1.165, 1.54) is 16.7 Å². The number of methoxy groups -OCH3 is 1. The van der Waals surface area contributed by atoms with Crippen LogP contribution in [-0.4, -0.2) is 219 Å². The maximum Gasteiger partial charge on any atom is 0.274 e. The van der Waals surface area contributed by atoms with E-state index in [-0.39, 0.29) is 49.0 Å². The Hall–Kier alpha value is -5.65. The number of aromatic amines is 1. The first-order valence-corrected chi connectivity index (χ1v) is 33.6. The fourth-order valence-electron chi connectivity index (χ4n) is 8.29. The van der Waals surface area contributed by atoms with Crippen molar-refractivity contribution in [3.05, 3.63) is 99.3 Å². The first-order chi connectivity index (χ1) is 46.3. The number of hydrogen-bond acceptors (Lipinski definition) is 20. The highest BCUT2D eigenvalue weighted by atomic mass is 19.1. The molecule has 0 saturated carbocycles. The minimum absolute atomic E-state index is 0.0946. The lowest BCUT2D eigenvalue weighted by Gasteiger charge is -2.22. The second-order valence-electron chi connectivity index (χ2n) is 20.0. The maximum atomic E-state index is 14.3.